The second kappa shape index (κ2) is 6.68. The fraction of sp³-hybridized carbons (Fsp3) is 0.333. The van der Waals surface area contributed by atoms with Gasteiger partial charge in [-0.1, -0.05) is 37.6 Å². The molecule has 106 valence electrons. The van der Waals surface area contributed by atoms with E-state index in [0.29, 0.717) is 18.2 Å². The van der Waals surface area contributed by atoms with Crippen molar-refractivity contribution in [3.63, 3.8) is 0 Å². The Morgan fingerprint density at radius 3 is 2.70 bits per heavy atom. The van der Waals surface area contributed by atoms with Crippen molar-refractivity contribution in [2.45, 2.75) is 26.7 Å². The molecule has 0 amide bonds. The minimum Gasteiger partial charge on any atom is -0.308 e. The molecule has 3 N–H and O–H groups in total. The highest BCUT2D eigenvalue weighted by Crippen LogP contribution is 2.16. The molecule has 0 fully saturated rings. The first-order valence-corrected chi connectivity index (χ1v) is 7.02. The Kier molecular flexibility index (Phi) is 4.93. The van der Waals surface area contributed by atoms with Gasteiger partial charge in [0.05, 0.1) is 0 Å². The van der Waals surface area contributed by atoms with Gasteiger partial charge in [-0.3, -0.25) is 0 Å². The molecule has 1 aromatic carbocycles. The molecule has 4 nitrogen and oxygen atoms in total. The number of halogens is 1. The second-order valence-corrected chi connectivity index (χ2v) is 5.65. The van der Waals surface area contributed by atoms with Crippen LogP contribution in [0.25, 0.3) is 0 Å². The number of anilines is 1. The SMILES string of the molecule is CC(C)Cc1cc(NN)nc(Cc2cccc(Cl)c2)n1. The number of benzene rings is 1. The molecular formula is C15H19ClN4. The summed E-state index contributed by atoms with van der Waals surface area (Å²) in [5.74, 6) is 7.41. The third-order valence-corrected chi connectivity index (χ3v) is 3.08. The van der Waals surface area contributed by atoms with E-state index < -0.39 is 0 Å². The first-order valence-electron chi connectivity index (χ1n) is 6.64. The van der Waals surface area contributed by atoms with E-state index >= 15 is 0 Å². The molecule has 0 aliphatic carbocycles. The first-order chi connectivity index (χ1) is 9.56. The van der Waals surface area contributed by atoms with Crippen LogP contribution < -0.4 is 11.3 Å². The number of rotatable bonds is 5. The summed E-state index contributed by atoms with van der Waals surface area (Å²) in [6, 6.07) is 9.61. The van der Waals surface area contributed by atoms with E-state index in [1.54, 1.807) is 0 Å². The largest absolute Gasteiger partial charge is 0.308 e. The zero-order chi connectivity index (χ0) is 14.5. The Hall–Kier alpha value is -1.65. The molecule has 5 heteroatoms. The van der Waals surface area contributed by atoms with E-state index in [9.17, 15) is 0 Å². The fourth-order valence-corrected chi connectivity index (χ4v) is 2.27. The van der Waals surface area contributed by atoms with Crippen LogP contribution in [-0.2, 0) is 12.8 Å². The van der Waals surface area contributed by atoms with Crippen LogP contribution in [-0.4, -0.2) is 9.97 Å². The number of hydrazine groups is 1. The predicted molar refractivity (Wildman–Crippen MR) is 82.6 cm³/mol. The summed E-state index contributed by atoms with van der Waals surface area (Å²) in [5.41, 5.74) is 4.69. The first kappa shape index (κ1) is 14.8. The van der Waals surface area contributed by atoms with Gasteiger partial charge in [-0.15, -0.1) is 0 Å². The summed E-state index contributed by atoms with van der Waals surface area (Å²) in [4.78, 5) is 8.99. The third-order valence-electron chi connectivity index (χ3n) is 2.84. The van der Waals surface area contributed by atoms with Gasteiger partial charge in [0.25, 0.3) is 0 Å². The molecular weight excluding hydrogens is 272 g/mol. The van der Waals surface area contributed by atoms with E-state index in [-0.39, 0.29) is 0 Å². The molecule has 0 saturated carbocycles. The highest BCUT2D eigenvalue weighted by Gasteiger charge is 2.07. The fourth-order valence-electron chi connectivity index (χ4n) is 2.06. The molecule has 0 spiro atoms. The van der Waals surface area contributed by atoms with Crippen molar-refractivity contribution in [1.82, 2.24) is 9.97 Å². The molecule has 0 radical (unpaired) electrons. The molecule has 1 aromatic heterocycles. The van der Waals surface area contributed by atoms with Crippen molar-refractivity contribution in [3.05, 3.63) is 52.4 Å². The number of nitrogen functional groups attached to an aromatic ring is 1. The van der Waals surface area contributed by atoms with Gasteiger partial charge in [0.15, 0.2) is 0 Å². The summed E-state index contributed by atoms with van der Waals surface area (Å²) in [7, 11) is 0. The molecule has 0 atom stereocenters. The van der Waals surface area contributed by atoms with Crippen LogP contribution in [0.5, 0.6) is 0 Å². The van der Waals surface area contributed by atoms with Crippen LogP contribution in [0.2, 0.25) is 5.02 Å². The monoisotopic (exact) mass is 290 g/mol. The van der Waals surface area contributed by atoms with Crippen molar-refractivity contribution in [1.29, 1.82) is 0 Å². The number of aromatic nitrogens is 2. The Bertz CT molecular complexity index is 584. The third kappa shape index (κ3) is 4.18. The topological polar surface area (TPSA) is 63.8 Å². The quantitative estimate of drug-likeness (QED) is 0.656. The minimum absolute atomic E-state index is 0.537. The van der Waals surface area contributed by atoms with Gasteiger partial charge in [-0.05, 0) is 30.0 Å². The normalized spacial score (nSPS) is 10.8. The summed E-state index contributed by atoms with van der Waals surface area (Å²) in [6.07, 6.45) is 1.54. The Morgan fingerprint density at radius 2 is 2.05 bits per heavy atom. The number of hydrogen-bond donors (Lipinski definition) is 2. The second-order valence-electron chi connectivity index (χ2n) is 5.21. The highest BCUT2D eigenvalue weighted by molar-refractivity contribution is 6.30. The van der Waals surface area contributed by atoms with Crippen molar-refractivity contribution < 1.29 is 0 Å². The maximum absolute atomic E-state index is 6.00. The molecule has 1 heterocycles. The van der Waals surface area contributed by atoms with Crippen molar-refractivity contribution in [3.8, 4) is 0 Å². The van der Waals surface area contributed by atoms with Gasteiger partial charge in [0, 0.05) is 23.2 Å². The average Bonchev–Trinajstić information content (AvgIpc) is 2.37. The average molecular weight is 291 g/mol. The van der Waals surface area contributed by atoms with Crippen molar-refractivity contribution >= 4 is 17.4 Å². The van der Waals surface area contributed by atoms with E-state index in [0.717, 1.165) is 28.5 Å². The zero-order valence-electron chi connectivity index (χ0n) is 11.7. The van der Waals surface area contributed by atoms with Crippen LogP contribution in [0.15, 0.2) is 30.3 Å². The zero-order valence-corrected chi connectivity index (χ0v) is 12.5. The van der Waals surface area contributed by atoms with Crippen LogP contribution in [0.3, 0.4) is 0 Å². The van der Waals surface area contributed by atoms with Crippen LogP contribution in [0.4, 0.5) is 5.82 Å². The van der Waals surface area contributed by atoms with E-state index in [2.05, 4.69) is 29.2 Å². The standard InChI is InChI=1S/C15H19ClN4/c1-10(2)6-13-9-15(20-17)19-14(18-13)8-11-4-3-5-12(16)7-11/h3-5,7,9-10H,6,8,17H2,1-2H3,(H,18,19,20). The van der Waals surface area contributed by atoms with Crippen molar-refractivity contribution in [2.24, 2.45) is 11.8 Å². The smallest absolute Gasteiger partial charge is 0.143 e. The maximum Gasteiger partial charge on any atom is 0.143 e. The lowest BCUT2D eigenvalue weighted by molar-refractivity contribution is 0.631. The Labute approximate surface area is 124 Å². The molecule has 0 saturated heterocycles. The maximum atomic E-state index is 6.00. The Balaban J connectivity index is 2.26. The number of hydrogen-bond acceptors (Lipinski definition) is 4. The van der Waals surface area contributed by atoms with Crippen LogP contribution in [0.1, 0.15) is 30.9 Å². The molecule has 0 unspecified atom stereocenters. The molecule has 2 rings (SSSR count). The van der Waals surface area contributed by atoms with Gasteiger partial charge in [-0.2, -0.15) is 0 Å². The molecule has 2 aromatic rings. The predicted octanol–water partition coefficient (Wildman–Crippen LogP) is 3.20. The molecule has 0 bridgehead atoms. The summed E-state index contributed by atoms with van der Waals surface area (Å²) < 4.78 is 0. The van der Waals surface area contributed by atoms with Crippen molar-refractivity contribution in [2.75, 3.05) is 5.43 Å². The van der Waals surface area contributed by atoms with E-state index in [4.69, 9.17) is 17.4 Å². The van der Waals surface area contributed by atoms with Crippen LogP contribution in [0, 0.1) is 5.92 Å². The lowest BCUT2D eigenvalue weighted by Gasteiger charge is -2.09. The molecule has 20 heavy (non-hydrogen) atoms. The van der Waals surface area contributed by atoms with E-state index in [1.165, 1.54) is 0 Å². The molecule has 0 aliphatic heterocycles. The number of nitrogens with zero attached hydrogens (tertiary/aromatic N) is 2. The van der Waals surface area contributed by atoms with Gasteiger partial charge >= 0.3 is 0 Å². The summed E-state index contributed by atoms with van der Waals surface area (Å²) in [6.45, 7) is 4.32. The van der Waals surface area contributed by atoms with Gasteiger partial charge < -0.3 is 5.43 Å². The highest BCUT2D eigenvalue weighted by atomic mass is 35.5. The Morgan fingerprint density at radius 1 is 1.25 bits per heavy atom. The lowest BCUT2D eigenvalue weighted by Crippen LogP contribution is -2.12. The lowest BCUT2D eigenvalue weighted by atomic mass is 10.1. The minimum atomic E-state index is 0.537. The van der Waals surface area contributed by atoms with Crippen LogP contribution >= 0.6 is 11.6 Å². The number of nitrogens with two attached hydrogens (primary N) is 1. The summed E-state index contributed by atoms with van der Waals surface area (Å²) >= 11 is 6.00. The summed E-state index contributed by atoms with van der Waals surface area (Å²) in [5, 5.41) is 0.720. The van der Waals surface area contributed by atoms with E-state index in [1.807, 2.05) is 30.3 Å². The number of nitrogens with one attached hydrogen (secondary N) is 1. The van der Waals surface area contributed by atoms with Gasteiger partial charge in [0.1, 0.15) is 11.6 Å². The van der Waals surface area contributed by atoms with Gasteiger partial charge in [-0.25, -0.2) is 15.8 Å². The molecule has 0 aliphatic rings. The van der Waals surface area contributed by atoms with Gasteiger partial charge in [0.2, 0.25) is 0 Å².